The summed E-state index contributed by atoms with van der Waals surface area (Å²) in [6.07, 6.45) is 0.190. The van der Waals surface area contributed by atoms with Gasteiger partial charge < -0.3 is 28.8 Å². The molecule has 0 radical (unpaired) electrons. The monoisotopic (exact) mass is 486 g/mol. The molecule has 2 aliphatic heterocycles. The topological polar surface area (TPSA) is 101 Å². The molecule has 0 fully saturated rings. The van der Waals surface area contributed by atoms with E-state index in [4.69, 9.17) is 28.8 Å². The molecule has 2 aliphatic rings. The van der Waals surface area contributed by atoms with Gasteiger partial charge >= 0.3 is 5.97 Å². The number of rotatable bonds is 7. The van der Waals surface area contributed by atoms with E-state index >= 15 is 0 Å². The predicted octanol–water partition coefficient (Wildman–Crippen LogP) is 4.42. The van der Waals surface area contributed by atoms with Crippen molar-refractivity contribution in [3.8, 4) is 45.7 Å². The summed E-state index contributed by atoms with van der Waals surface area (Å²) in [4.78, 5) is 12.3. The van der Waals surface area contributed by atoms with Crippen LogP contribution < -0.4 is 23.7 Å². The highest BCUT2D eigenvalue weighted by Gasteiger charge is 2.26. The minimum absolute atomic E-state index is 0.127. The molecule has 9 nitrogen and oxygen atoms in total. The van der Waals surface area contributed by atoms with Crippen LogP contribution in [0.25, 0.3) is 16.9 Å². The first-order chi connectivity index (χ1) is 17.6. The summed E-state index contributed by atoms with van der Waals surface area (Å²) < 4.78 is 28.9. The van der Waals surface area contributed by atoms with Gasteiger partial charge in [0.2, 0.25) is 13.6 Å². The summed E-state index contributed by atoms with van der Waals surface area (Å²) in [6.45, 7) is 0.305. The highest BCUT2D eigenvalue weighted by Crippen LogP contribution is 2.38. The number of fused-ring (bicyclic) bond motifs is 2. The molecule has 1 unspecified atom stereocenters. The quantitative estimate of drug-likeness (QED) is 0.410. The molecule has 0 spiro atoms. The maximum absolute atomic E-state index is 12.3. The van der Waals surface area contributed by atoms with Gasteiger partial charge in [0.15, 0.2) is 23.0 Å². The standard InChI is InChI=1S/C27H22N2O7/c1-32-20-6-4-19(5-7-20)29-22(17-3-9-24-26(11-17)36-15-34-24)13-18(28-29)12-21(27(30)31)16-2-8-23-25(10-16)35-14-33-23/h2-11,13,21H,12,14-15H2,1H3,(H,30,31). The van der Waals surface area contributed by atoms with Crippen LogP contribution in [0.2, 0.25) is 0 Å². The van der Waals surface area contributed by atoms with Crippen molar-refractivity contribution in [2.24, 2.45) is 0 Å². The smallest absolute Gasteiger partial charge is 0.311 e. The number of nitrogens with zero attached hydrogens (tertiary/aromatic N) is 2. The van der Waals surface area contributed by atoms with Gasteiger partial charge in [-0.15, -0.1) is 0 Å². The first-order valence-electron chi connectivity index (χ1n) is 11.3. The average molecular weight is 486 g/mol. The Morgan fingerprint density at radius 3 is 2.28 bits per heavy atom. The van der Waals surface area contributed by atoms with Crippen LogP contribution in [0.3, 0.4) is 0 Å². The second kappa shape index (κ2) is 8.84. The zero-order chi connectivity index (χ0) is 24.6. The van der Waals surface area contributed by atoms with Gasteiger partial charge in [-0.3, -0.25) is 4.79 Å². The average Bonchev–Trinajstić information content (AvgIpc) is 3.65. The van der Waals surface area contributed by atoms with Crippen molar-refractivity contribution in [1.82, 2.24) is 9.78 Å². The highest BCUT2D eigenvalue weighted by atomic mass is 16.7. The number of carboxylic acids is 1. The van der Waals surface area contributed by atoms with E-state index in [0.717, 1.165) is 22.7 Å². The Bertz CT molecular complexity index is 1450. The molecule has 0 bridgehead atoms. The fourth-order valence-electron chi connectivity index (χ4n) is 4.40. The van der Waals surface area contributed by atoms with Crippen LogP contribution in [0.4, 0.5) is 0 Å². The normalized spacial score (nSPS) is 14.0. The van der Waals surface area contributed by atoms with Gasteiger partial charge in [0.25, 0.3) is 0 Å². The number of aliphatic carboxylic acids is 1. The number of carboxylic acid groups (broad SMARTS) is 1. The molecule has 3 heterocycles. The van der Waals surface area contributed by atoms with Crippen LogP contribution in [0, 0.1) is 0 Å². The van der Waals surface area contributed by atoms with Crippen molar-refractivity contribution in [3.63, 3.8) is 0 Å². The molecule has 1 atom stereocenters. The lowest BCUT2D eigenvalue weighted by Gasteiger charge is -2.12. The van der Waals surface area contributed by atoms with E-state index in [-0.39, 0.29) is 20.0 Å². The number of aromatic nitrogens is 2. The van der Waals surface area contributed by atoms with Crippen LogP contribution >= 0.6 is 0 Å². The Labute approximate surface area is 206 Å². The fraction of sp³-hybridized carbons (Fsp3) is 0.185. The molecular weight excluding hydrogens is 464 g/mol. The molecular formula is C27H22N2O7. The summed E-state index contributed by atoms with van der Waals surface area (Å²) in [5.74, 6) is 1.45. The maximum Gasteiger partial charge on any atom is 0.311 e. The van der Waals surface area contributed by atoms with E-state index < -0.39 is 11.9 Å². The lowest BCUT2D eigenvalue weighted by Crippen LogP contribution is -2.15. The van der Waals surface area contributed by atoms with Gasteiger partial charge in [0, 0.05) is 12.0 Å². The van der Waals surface area contributed by atoms with Crippen LogP contribution in [-0.2, 0) is 11.2 Å². The number of carbonyl (C=O) groups is 1. The van der Waals surface area contributed by atoms with Crippen molar-refractivity contribution >= 4 is 5.97 Å². The number of benzene rings is 3. The van der Waals surface area contributed by atoms with Crippen molar-refractivity contribution in [1.29, 1.82) is 0 Å². The molecule has 6 rings (SSSR count). The SMILES string of the molecule is COc1ccc(-n2nc(CC(C(=O)O)c3ccc4c(c3)OCO4)cc2-c2ccc3c(c2)OCO3)cc1. The van der Waals surface area contributed by atoms with Crippen LogP contribution in [0.1, 0.15) is 17.2 Å². The summed E-state index contributed by atoms with van der Waals surface area (Å²) in [5.41, 5.74) is 3.72. The van der Waals surface area contributed by atoms with Crippen LogP contribution in [0.15, 0.2) is 66.7 Å². The summed E-state index contributed by atoms with van der Waals surface area (Å²) in [7, 11) is 1.61. The minimum atomic E-state index is -0.947. The molecule has 36 heavy (non-hydrogen) atoms. The fourth-order valence-corrected chi connectivity index (χ4v) is 4.40. The Balaban J connectivity index is 1.40. The Morgan fingerprint density at radius 1 is 0.917 bits per heavy atom. The number of hydrogen-bond acceptors (Lipinski definition) is 7. The number of hydrogen-bond donors (Lipinski definition) is 1. The molecule has 0 aliphatic carbocycles. The summed E-state index contributed by atoms with van der Waals surface area (Å²) in [6, 6.07) is 20.3. The lowest BCUT2D eigenvalue weighted by molar-refractivity contribution is -0.138. The molecule has 1 aromatic heterocycles. The van der Waals surface area contributed by atoms with Crippen molar-refractivity contribution in [2.75, 3.05) is 20.7 Å². The molecule has 3 aromatic carbocycles. The molecule has 0 saturated heterocycles. The maximum atomic E-state index is 12.3. The van der Waals surface area contributed by atoms with E-state index in [9.17, 15) is 9.90 Å². The zero-order valence-electron chi connectivity index (χ0n) is 19.3. The van der Waals surface area contributed by atoms with Crippen molar-refractivity contribution in [3.05, 3.63) is 78.0 Å². The Morgan fingerprint density at radius 2 is 1.58 bits per heavy atom. The number of ether oxygens (including phenoxy) is 5. The first-order valence-corrected chi connectivity index (χ1v) is 11.3. The largest absolute Gasteiger partial charge is 0.497 e. The van der Waals surface area contributed by atoms with E-state index in [0.29, 0.717) is 34.3 Å². The predicted molar refractivity (Wildman–Crippen MR) is 128 cm³/mol. The molecule has 0 amide bonds. The van der Waals surface area contributed by atoms with Crippen LogP contribution in [-0.4, -0.2) is 41.6 Å². The third kappa shape index (κ3) is 3.94. The van der Waals surface area contributed by atoms with Crippen molar-refractivity contribution < 1.29 is 33.6 Å². The number of methoxy groups -OCH3 is 1. The summed E-state index contributed by atoms with van der Waals surface area (Å²) in [5, 5.41) is 14.9. The van der Waals surface area contributed by atoms with Crippen molar-refractivity contribution in [2.45, 2.75) is 12.3 Å². The Hall–Kier alpha value is -4.66. The van der Waals surface area contributed by atoms with Gasteiger partial charge in [-0.2, -0.15) is 5.10 Å². The molecule has 9 heteroatoms. The lowest BCUT2D eigenvalue weighted by atomic mass is 9.93. The first kappa shape index (κ1) is 21.8. The second-order valence-corrected chi connectivity index (χ2v) is 8.41. The van der Waals surface area contributed by atoms with Gasteiger partial charge in [-0.05, 0) is 66.2 Å². The van der Waals surface area contributed by atoms with E-state index in [1.54, 1.807) is 30.0 Å². The molecule has 182 valence electrons. The summed E-state index contributed by atoms with van der Waals surface area (Å²) >= 11 is 0. The van der Waals surface area contributed by atoms with Gasteiger partial charge in [-0.1, -0.05) is 6.07 Å². The molecule has 1 N–H and O–H groups in total. The van der Waals surface area contributed by atoms with Crippen LogP contribution in [0.5, 0.6) is 28.7 Å². The third-order valence-corrected chi connectivity index (χ3v) is 6.26. The van der Waals surface area contributed by atoms with E-state index in [2.05, 4.69) is 0 Å². The molecule has 0 saturated carbocycles. The highest BCUT2D eigenvalue weighted by molar-refractivity contribution is 5.77. The zero-order valence-corrected chi connectivity index (χ0v) is 19.3. The van der Waals surface area contributed by atoms with E-state index in [1.807, 2.05) is 48.5 Å². The van der Waals surface area contributed by atoms with Gasteiger partial charge in [0.05, 0.1) is 30.1 Å². The van der Waals surface area contributed by atoms with E-state index in [1.165, 1.54) is 0 Å². The Kier molecular flexibility index (Phi) is 5.37. The molecule has 4 aromatic rings. The third-order valence-electron chi connectivity index (χ3n) is 6.26. The van der Waals surface area contributed by atoms with Gasteiger partial charge in [0.1, 0.15) is 5.75 Å². The second-order valence-electron chi connectivity index (χ2n) is 8.41. The minimum Gasteiger partial charge on any atom is -0.497 e. The van der Waals surface area contributed by atoms with Gasteiger partial charge in [-0.25, -0.2) is 4.68 Å².